The van der Waals surface area contributed by atoms with E-state index in [0.29, 0.717) is 6.04 Å². The summed E-state index contributed by atoms with van der Waals surface area (Å²) in [6.07, 6.45) is 9.53. The first-order valence-electron chi connectivity index (χ1n) is 6.04. The molecule has 18 heavy (non-hydrogen) atoms. The maximum Gasteiger partial charge on any atom is 0.157 e. The van der Waals surface area contributed by atoms with Crippen LogP contribution in [0.15, 0.2) is 41.4 Å². The van der Waals surface area contributed by atoms with Crippen molar-refractivity contribution in [1.29, 1.82) is 0 Å². The third kappa shape index (κ3) is 1.48. The number of imidazole rings is 1. The molecule has 0 unspecified atom stereocenters. The van der Waals surface area contributed by atoms with E-state index in [4.69, 9.17) is 4.42 Å². The van der Waals surface area contributed by atoms with Crippen molar-refractivity contribution in [2.24, 2.45) is 0 Å². The Morgan fingerprint density at radius 3 is 3.11 bits per heavy atom. The Morgan fingerprint density at radius 1 is 1.39 bits per heavy atom. The van der Waals surface area contributed by atoms with Crippen molar-refractivity contribution < 1.29 is 4.42 Å². The van der Waals surface area contributed by atoms with E-state index in [9.17, 15) is 0 Å². The molecule has 0 saturated heterocycles. The van der Waals surface area contributed by atoms with Gasteiger partial charge in [0.1, 0.15) is 11.5 Å². The quantitative estimate of drug-likeness (QED) is 0.764. The minimum absolute atomic E-state index is 0.562. The van der Waals surface area contributed by atoms with Gasteiger partial charge in [-0.15, -0.1) is 0 Å². The number of nitrogens with zero attached hydrogens (tertiary/aromatic N) is 3. The van der Waals surface area contributed by atoms with Crippen LogP contribution in [0.4, 0.5) is 5.82 Å². The minimum atomic E-state index is 0.562. The Kier molecular flexibility index (Phi) is 1.94. The molecule has 0 bridgehead atoms. The Morgan fingerprint density at radius 2 is 2.33 bits per heavy atom. The van der Waals surface area contributed by atoms with Crippen molar-refractivity contribution in [3.8, 4) is 11.5 Å². The first-order chi connectivity index (χ1) is 8.92. The lowest BCUT2D eigenvalue weighted by atomic mass is 10.3. The van der Waals surface area contributed by atoms with E-state index in [-0.39, 0.29) is 0 Å². The predicted molar refractivity (Wildman–Crippen MR) is 67.3 cm³/mol. The zero-order valence-electron chi connectivity index (χ0n) is 9.71. The number of rotatable bonds is 3. The fraction of sp³-hybridized carbons (Fsp3) is 0.231. The first kappa shape index (κ1) is 9.70. The Balaban J connectivity index is 1.93. The van der Waals surface area contributed by atoms with E-state index < -0.39 is 0 Å². The number of anilines is 1. The zero-order chi connectivity index (χ0) is 11.9. The lowest BCUT2D eigenvalue weighted by Gasteiger charge is -2.05. The summed E-state index contributed by atoms with van der Waals surface area (Å²) in [6.45, 7) is 0. The van der Waals surface area contributed by atoms with Crippen LogP contribution >= 0.6 is 0 Å². The van der Waals surface area contributed by atoms with Crippen molar-refractivity contribution in [2.75, 3.05) is 5.32 Å². The molecule has 1 fully saturated rings. The van der Waals surface area contributed by atoms with Gasteiger partial charge in [0.2, 0.25) is 0 Å². The molecule has 1 saturated carbocycles. The van der Waals surface area contributed by atoms with Crippen molar-refractivity contribution in [2.45, 2.75) is 18.9 Å². The van der Waals surface area contributed by atoms with Crippen LogP contribution < -0.4 is 5.32 Å². The molecule has 0 spiro atoms. The third-order valence-corrected chi connectivity index (χ3v) is 3.10. The topological polar surface area (TPSA) is 55.4 Å². The number of fused-ring (bicyclic) bond motifs is 1. The molecule has 4 rings (SSSR count). The van der Waals surface area contributed by atoms with E-state index in [1.807, 2.05) is 22.7 Å². The lowest BCUT2D eigenvalue weighted by molar-refractivity contribution is 0.580. The van der Waals surface area contributed by atoms with Crippen LogP contribution in [-0.4, -0.2) is 20.4 Å². The van der Waals surface area contributed by atoms with Gasteiger partial charge in [0, 0.05) is 18.4 Å². The molecule has 5 heteroatoms. The molecular formula is C13H12N4O. The van der Waals surface area contributed by atoms with Gasteiger partial charge in [-0.05, 0) is 25.0 Å². The molecule has 1 aliphatic rings. The van der Waals surface area contributed by atoms with Gasteiger partial charge in [-0.1, -0.05) is 0 Å². The van der Waals surface area contributed by atoms with Crippen molar-refractivity contribution in [1.82, 2.24) is 14.4 Å². The smallest absolute Gasteiger partial charge is 0.157 e. The van der Waals surface area contributed by atoms with E-state index in [0.717, 1.165) is 22.9 Å². The summed E-state index contributed by atoms with van der Waals surface area (Å²) in [7, 11) is 0. The predicted octanol–water partition coefficient (Wildman–Crippen LogP) is 2.56. The molecule has 0 aromatic carbocycles. The average molecular weight is 240 g/mol. The summed E-state index contributed by atoms with van der Waals surface area (Å²) in [5.41, 5.74) is 1.67. The maximum atomic E-state index is 5.46. The summed E-state index contributed by atoms with van der Waals surface area (Å²) in [5, 5.41) is 3.51. The van der Waals surface area contributed by atoms with Gasteiger partial charge in [-0.25, -0.2) is 4.98 Å². The van der Waals surface area contributed by atoms with Crippen molar-refractivity contribution >= 4 is 11.5 Å². The molecule has 0 amide bonds. The summed E-state index contributed by atoms with van der Waals surface area (Å²) in [5.74, 6) is 1.77. The summed E-state index contributed by atoms with van der Waals surface area (Å²) < 4.78 is 7.47. The highest BCUT2D eigenvalue weighted by Crippen LogP contribution is 2.32. The van der Waals surface area contributed by atoms with Crippen LogP contribution in [0.25, 0.3) is 17.1 Å². The number of aromatic nitrogens is 3. The van der Waals surface area contributed by atoms with Gasteiger partial charge < -0.3 is 9.73 Å². The van der Waals surface area contributed by atoms with E-state index in [1.54, 1.807) is 18.7 Å². The average Bonchev–Trinajstić information content (AvgIpc) is 2.91. The second-order valence-corrected chi connectivity index (χ2v) is 4.51. The molecule has 90 valence electrons. The third-order valence-electron chi connectivity index (χ3n) is 3.10. The Labute approximate surface area is 103 Å². The van der Waals surface area contributed by atoms with Gasteiger partial charge in [-0.2, -0.15) is 0 Å². The summed E-state index contributed by atoms with van der Waals surface area (Å²) in [4.78, 5) is 8.68. The fourth-order valence-electron chi connectivity index (χ4n) is 2.05. The van der Waals surface area contributed by atoms with Gasteiger partial charge in [0.05, 0.1) is 12.5 Å². The summed E-state index contributed by atoms with van der Waals surface area (Å²) >= 11 is 0. The highest BCUT2D eigenvalue weighted by atomic mass is 16.3. The van der Waals surface area contributed by atoms with Crippen LogP contribution in [0.1, 0.15) is 12.8 Å². The lowest BCUT2D eigenvalue weighted by Crippen LogP contribution is -2.04. The monoisotopic (exact) mass is 240 g/mol. The molecule has 1 N–H and O–H groups in total. The van der Waals surface area contributed by atoms with Crippen LogP contribution in [0.3, 0.4) is 0 Å². The van der Waals surface area contributed by atoms with Gasteiger partial charge in [0.15, 0.2) is 11.4 Å². The molecular weight excluding hydrogens is 228 g/mol. The highest BCUT2D eigenvalue weighted by molar-refractivity contribution is 5.73. The second kappa shape index (κ2) is 3.60. The van der Waals surface area contributed by atoms with E-state index in [1.165, 1.54) is 12.8 Å². The largest absolute Gasteiger partial charge is 0.463 e. The van der Waals surface area contributed by atoms with Gasteiger partial charge in [-0.3, -0.25) is 9.38 Å². The van der Waals surface area contributed by atoms with Gasteiger partial charge in [0.25, 0.3) is 0 Å². The molecule has 5 nitrogen and oxygen atoms in total. The molecule has 1 aliphatic carbocycles. The van der Waals surface area contributed by atoms with Crippen molar-refractivity contribution in [3.63, 3.8) is 0 Å². The Bertz CT molecular complexity index is 682. The molecule has 3 aromatic heterocycles. The maximum absolute atomic E-state index is 5.46. The zero-order valence-corrected chi connectivity index (χ0v) is 9.71. The van der Waals surface area contributed by atoms with Crippen LogP contribution in [0, 0.1) is 0 Å². The minimum Gasteiger partial charge on any atom is -0.463 e. The number of furan rings is 1. The Hall–Kier alpha value is -2.30. The number of hydrogen-bond donors (Lipinski definition) is 1. The normalized spacial score (nSPS) is 15.1. The fourth-order valence-corrected chi connectivity index (χ4v) is 2.05. The number of nitrogens with one attached hydrogen (secondary N) is 1. The highest BCUT2D eigenvalue weighted by Gasteiger charge is 2.25. The molecule has 3 aromatic rings. The van der Waals surface area contributed by atoms with Crippen LogP contribution in [-0.2, 0) is 0 Å². The molecule has 0 atom stereocenters. The van der Waals surface area contributed by atoms with E-state index in [2.05, 4.69) is 15.3 Å². The van der Waals surface area contributed by atoms with Crippen molar-refractivity contribution in [3.05, 3.63) is 37.0 Å². The van der Waals surface area contributed by atoms with E-state index >= 15 is 0 Å². The van der Waals surface area contributed by atoms with Crippen LogP contribution in [0.5, 0.6) is 0 Å². The standard InChI is InChI=1S/C13H12N4O/c1-2-10(18-7-1)12-13(15-9-3-4-9)17-6-5-14-8-11(17)16-12/h1-2,5-9,15H,3-4H2. The molecule has 0 radical (unpaired) electrons. The summed E-state index contributed by atoms with van der Waals surface area (Å²) in [6, 6.07) is 4.36. The molecule has 3 heterocycles. The SMILES string of the molecule is c1coc(-c2nc3cnccn3c2NC2CC2)c1. The van der Waals surface area contributed by atoms with Crippen LogP contribution in [0.2, 0.25) is 0 Å². The molecule has 0 aliphatic heterocycles. The second-order valence-electron chi connectivity index (χ2n) is 4.51. The number of hydrogen-bond acceptors (Lipinski definition) is 4. The van der Waals surface area contributed by atoms with Gasteiger partial charge >= 0.3 is 0 Å². The first-order valence-corrected chi connectivity index (χ1v) is 6.04.